The number of nitrogens with zero attached hydrogens (tertiary/aromatic N) is 1. The van der Waals surface area contributed by atoms with Gasteiger partial charge in [-0.3, -0.25) is 0 Å². The van der Waals surface area contributed by atoms with Crippen molar-refractivity contribution in [3.8, 4) is 0 Å². The molecule has 0 aliphatic carbocycles. The van der Waals surface area contributed by atoms with Crippen molar-refractivity contribution < 1.29 is 0 Å². The molecule has 1 aromatic carbocycles. The maximum absolute atomic E-state index is 3.46. The molecule has 0 aliphatic heterocycles. The molecule has 0 aliphatic rings. The molecule has 0 bridgehead atoms. The quantitative estimate of drug-likeness (QED) is 0.754. The second kappa shape index (κ2) is 7.66. The average molecular weight is 262 g/mol. The summed E-state index contributed by atoms with van der Waals surface area (Å²) in [4.78, 5) is 2.40. The first kappa shape index (κ1) is 16.2. The zero-order valence-corrected chi connectivity index (χ0v) is 13.3. The van der Waals surface area contributed by atoms with Crippen molar-refractivity contribution in [3.05, 3.63) is 35.4 Å². The second-order valence-corrected chi connectivity index (χ2v) is 6.73. The molecule has 1 rings (SSSR count). The van der Waals surface area contributed by atoms with Gasteiger partial charge in [0.2, 0.25) is 0 Å². The Balaban J connectivity index is 2.51. The summed E-state index contributed by atoms with van der Waals surface area (Å²) < 4.78 is 0. The van der Waals surface area contributed by atoms with Gasteiger partial charge in [0.25, 0.3) is 0 Å². The van der Waals surface area contributed by atoms with Crippen molar-refractivity contribution in [1.82, 2.24) is 10.2 Å². The number of hydrogen-bond donors (Lipinski definition) is 1. The number of nitrogens with one attached hydrogen (secondary N) is 1. The van der Waals surface area contributed by atoms with E-state index in [4.69, 9.17) is 0 Å². The fourth-order valence-corrected chi connectivity index (χ4v) is 2.42. The van der Waals surface area contributed by atoms with Crippen LogP contribution >= 0.6 is 0 Å². The third kappa shape index (κ3) is 7.34. The van der Waals surface area contributed by atoms with E-state index in [9.17, 15) is 0 Å². The van der Waals surface area contributed by atoms with Crippen LogP contribution < -0.4 is 5.32 Å². The average Bonchev–Trinajstić information content (AvgIpc) is 2.27. The summed E-state index contributed by atoms with van der Waals surface area (Å²) in [6.07, 6.45) is 1.19. The molecule has 0 saturated heterocycles. The van der Waals surface area contributed by atoms with Gasteiger partial charge in [0, 0.05) is 19.6 Å². The van der Waals surface area contributed by atoms with Gasteiger partial charge < -0.3 is 10.2 Å². The van der Waals surface area contributed by atoms with E-state index in [0.717, 1.165) is 26.2 Å². The first-order valence-corrected chi connectivity index (χ1v) is 7.38. The molecule has 0 heterocycles. The topological polar surface area (TPSA) is 15.3 Å². The Labute approximate surface area is 119 Å². The van der Waals surface area contributed by atoms with Gasteiger partial charge >= 0.3 is 0 Å². The molecule has 0 spiro atoms. The van der Waals surface area contributed by atoms with Gasteiger partial charge in [0.05, 0.1) is 0 Å². The Bertz CT molecular complexity index is 366. The van der Waals surface area contributed by atoms with E-state index in [1.807, 2.05) is 0 Å². The summed E-state index contributed by atoms with van der Waals surface area (Å²) in [7, 11) is 2.20. The van der Waals surface area contributed by atoms with Gasteiger partial charge in [-0.2, -0.15) is 0 Å². The Kier molecular flexibility index (Phi) is 6.53. The molecule has 0 amide bonds. The standard InChI is InChI=1S/C17H30N2/c1-6-10-18-12-15-8-7-9-16(11-15)13-19(5)14-17(2,3)4/h7-9,11,18H,6,10,12-14H2,1-5H3. The molecular weight excluding hydrogens is 232 g/mol. The highest BCUT2D eigenvalue weighted by Crippen LogP contribution is 2.16. The molecule has 0 atom stereocenters. The van der Waals surface area contributed by atoms with Gasteiger partial charge in [-0.15, -0.1) is 0 Å². The van der Waals surface area contributed by atoms with Crippen molar-refractivity contribution in [2.45, 2.75) is 47.2 Å². The van der Waals surface area contributed by atoms with Crippen LogP contribution in [0.4, 0.5) is 0 Å². The summed E-state index contributed by atoms with van der Waals surface area (Å²) in [5, 5.41) is 3.46. The SMILES string of the molecule is CCCNCc1cccc(CN(C)CC(C)(C)C)c1. The lowest BCUT2D eigenvalue weighted by molar-refractivity contribution is 0.221. The van der Waals surface area contributed by atoms with Crippen molar-refractivity contribution in [3.63, 3.8) is 0 Å². The summed E-state index contributed by atoms with van der Waals surface area (Å²) in [5.74, 6) is 0. The second-order valence-electron chi connectivity index (χ2n) is 6.73. The highest BCUT2D eigenvalue weighted by Gasteiger charge is 2.13. The molecule has 0 saturated carbocycles. The lowest BCUT2D eigenvalue weighted by Gasteiger charge is -2.26. The molecule has 0 fully saturated rings. The number of rotatable bonds is 7. The number of benzene rings is 1. The van der Waals surface area contributed by atoms with Gasteiger partial charge in [-0.25, -0.2) is 0 Å². The lowest BCUT2D eigenvalue weighted by atomic mass is 9.96. The molecule has 108 valence electrons. The van der Waals surface area contributed by atoms with Crippen LogP contribution in [0.5, 0.6) is 0 Å². The third-order valence-corrected chi connectivity index (χ3v) is 2.94. The number of hydrogen-bond acceptors (Lipinski definition) is 2. The van der Waals surface area contributed by atoms with Crippen molar-refractivity contribution in [2.24, 2.45) is 5.41 Å². The minimum Gasteiger partial charge on any atom is -0.313 e. The summed E-state index contributed by atoms with van der Waals surface area (Å²) in [6.45, 7) is 13.3. The molecule has 0 radical (unpaired) electrons. The zero-order valence-electron chi connectivity index (χ0n) is 13.3. The highest BCUT2D eigenvalue weighted by molar-refractivity contribution is 5.23. The third-order valence-electron chi connectivity index (χ3n) is 2.94. The molecule has 2 heteroatoms. The largest absolute Gasteiger partial charge is 0.313 e. The van der Waals surface area contributed by atoms with Crippen LogP contribution in [-0.4, -0.2) is 25.0 Å². The maximum atomic E-state index is 3.46. The minimum atomic E-state index is 0.356. The van der Waals surface area contributed by atoms with Crippen LogP contribution in [0, 0.1) is 5.41 Å². The molecule has 1 N–H and O–H groups in total. The van der Waals surface area contributed by atoms with Crippen molar-refractivity contribution in [2.75, 3.05) is 20.1 Å². The Hall–Kier alpha value is -0.860. The van der Waals surface area contributed by atoms with Gasteiger partial charge in [0.1, 0.15) is 0 Å². The summed E-state index contributed by atoms with van der Waals surface area (Å²) in [5.41, 5.74) is 3.15. The molecule has 2 nitrogen and oxygen atoms in total. The molecule has 0 unspecified atom stereocenters. The minimum absolute atomic E-state index is 0.356. The normalized spacial score (nSPS) is 12.1. The first-order valence-electron chi connectivity index (χ1n) is 7.38. The highest BCUT2D eigenvalue weighted by atomic mass is 15.1. The van der Waals surface area contributed by atoms with Crippen LogP contribution in [0.1, 0.15) is 45.2 Å². The lowest BCUT2D eigenvalue weighted by Crippen LogP contribution is -2.28. The molecular formula is C17H30N2. The fraction of sp³-hybridized carbons (Fsp3) is 0.647. The first-order chi connectivity index (χ1) is 8.90. The van der Waals surface area contributed by atoms with E-state index in [1.165, 1.54) is 17.5 Å². The van der Waals surface area contributed by atoms with Crippen molar-refractivity contribution >= 4 is 0 Å². The maximum Gasteiger partial charge on any atom is 0.0231 e. The summed E-state index contributed by atoms with van der Waals surface area (Å²) in [6, 6.07) is 8.92. The van der Waals surface area contributed by atoms with Crippen LogP contribution in [0.3, 0.4) is 0 Å². The smallest absolute Gasteiger partial charge is 0.0231 e. The van der Waals surface area contributed by atoms with E-state index in [2.05, 4.69) is 69.2 Å². The predicted molar refractivity (Wildman–Crippen MR) is 84.2 cm³/mol. The van der Waals surface area contributed by atoms with E-state index < -0.39 is 0 Å². The van der Waals surface area contributed by atoms with E-state index in [1.54, 1.807) is 0 Å². The predicted octanol–water partition coefficient (Wildman–Crippen LogP) is 3.66. The van der Waals surface area contributed by atoms with Gasteiger partial charge in [-0.05, 0) is 36.6 Å². The zero-order chi connectivity index (χ0) is 14.3. The van der Waals surface area contributed by atoms with Crippen LogP contribution in [0.15, 0.2) is 24.3 Å². The van der Waals surface area contributed by atoms with E-state index in [0.29, 0.717) is 5.41 Å². The van der Waals surface area contributed by atoms with E-state index in [-0.39, 0.29) is 0 Å². The Morgan fingerprint density at radius 3 is 2.47 bits per heavy atom. The molecule has 19 heavy (non-hydrogen) atoms. The van der Waals surface area contributed by atoms with Crippen LogP contribution in [0.25, 0.3) is 0 Å². The van der Waals surface area contributed by atoms with Crippen LogP contribution in [0.2, 0.25) is 0 Å². The summed E-state index contributed by atoms with van der Waals surface area (Å²) >= 11 is 0. The molecule has 0 aromatic heterocycles. The van der Waals surface area contributed by atoms with E-state index >= 15 is 0 Å². The Morgan fingerprint density at radius 2 is 1.84 bits per heavy atom. The molecule has 1 aromatic rings. The van der Waals surface area contributed by atoms with Crippen molar-refractivity contribution in [1.29, 1.82) is 0 Å². The van der Waals surface area contributed by atoms with Gasteiger partial charge in [-0.1, -0.05) is 52.0 Å². The van der Waals surface area contributed by atoms with Gasteiger partial charge in [0.15, 0.2) is 0 Å². The Morgan fingerprint density at radius 1 is 1.16 bits per heavy atom. The fourth-order valence-electron chi connectivity index (χ4n) is 2.42. The monoisotopic (exact) mass is 262 g/mol. The van der Waals surface area contributed by atoms with Crippen LogP contribution in [-0.2, 0) is 13.1 Å².